The quantitative estimate of drug-likeness (QED) is 0.353. The second-order valence-corrected chi connectivity index (χ2v) is 9.14. The van der Waals surface area contributed by atoms with E-state index in [1.54, 1.807) is 11.8 Å². The smallest absolute Gasteiger partial charge is 0.251 e. The molecule has 0 bridgehead atoms. The minimum atomic E-state index is -0.0242. The second-order valence-electron chi connectivity index (χ2n) is 7.81. The third kappa shape index (κ3) is 6.89. The van der Waals surface area contributed by atoms with Gasteiger partial charge in [-0.15, -0.1) is 0 Å². The molecular formula is C22H29ClN4OS. The number of aromatic nitrogens is 2. The molecule has 1 amide bonds. The predicted octanol–water partition coefficient (Wildman–Crippen LogP) is 5.19. The summed E-state index contributed by atoms with van der Waals surface area (Å²) in [5, 5.41) is 4.13. The highest BCUT2D eigenvalue weighted by Gasteiger charge is 2.15. The summed E-state index contributed by atoms with van der Waals surface area (Å²) in [5.41, 5.74) is 1.75. The van der Waals surface area contributed by atoms with E-state index in [0.717, 1.165) is 30.9 Å². The number of hydrogen-bond donors (Lipinski definition) is 1. The molecule has 0 unspecified atom stereocenters. The van der Waals surface area contributed by atoms with Crippen LogP contribution in [0.25, 0.3) is 0 Å². The number of thioether (sulfide) groups is 1. The van der Waals surface area contributed by atoms with Gasteiger partial charge < -0.3 is 10.2 Å². The van der Waals surface area contributed by atoms with E-state index in [2.05, 4.69) is 29.0 Å². The number of amides is 1. The normalized spacial score (nSPS) is 14.3. The van der Waals surface area contributed by atoms with Crippen LogP contribution < -0.4 is 10.2 Å². The van der Waals surface area contributed by atoms with Crippen LogP contribution in [0.3, 0.4) is 0 Å². The number of benzene rings is 1. The zero-order valence-corrected chi connectivity index (χ0v) is 18.7. The Balaban J connectivity index is 1.61. The third-order valence-corrected chi connectivity index (χ3v) is 6.02. The highest BCUT2D eigenvalue weighted by molar-refractivity contribution is 7.98. The molecule has 0 spiro atoms. The van der Waals surface area contributed by atoms with E-state index in [1.165, 1.54) is 19.3 Å². The van der Waals surface area contributed by atoms with Gasteiger partial charge in [0.05, 0.1) is 0 Å². The standard InChI is InChI=1S/C22H29ClN4OS/c1-16(2)9-10-24-21(28)18-8-6-7-17(13-18)15-29-22-25-19(23)14-20(26-22)27-11-4-3-5-12-27/h6-8,13-14,16H,3-5,9-12,15H2,1-2H3,(H,24,28). The van der Waals surface area contributed by atoms with Crippen LogP contribution in [0.5, 0.6) is 0 Å². The Hall–Kier alpha value is -1.79. The van der Waals surface area contributed by atoms with Crippen molar-refractivity contribution in [2.45, 2.75) is 50.4 Å². The Labute approximate surface area is 182 Å². The van der Waals surface area contributed by atoms with Crippen molar-refractivity contribution in [1.29, 1.82) is 0 Å². The highest BCUT2D eigenvalue weighted by atomic mass is 35.5. The summed E-state index contributed by atoms with van der Waals surface area (Å²) >= 11 is 7.79. The SMILES string of the molecule is CC(C)CCNC(=O)c1cccc(CSc2nc(Cl)cc(N3CCCCC3)n2)c1. The molecule has 156 valence electrons. The fourth-order valence-corrected chi connectivity index (χ4v) is 4.29. The fraction of sp³-hybridized carbons (Fsp3) is 0.500. The van der Waals surface area contributed by atoms with Gasteiger partial charge in [0.25, 0.3) is 5.91 Å². The minimum absolute atomic E-state index is 0.0242. The van der Waals surface area contributed by atoms with Gasteiger partial charge in [-0.1, -0.05) is 49.3 Å². The van der Waals surface area contributed by atoms with Gasteiger partial charge in [0.2, 0.25) is 0 Å². The molecule has 1 aromatic carbocycles. The molecule has 1 aliphatic heterocycles. The molecule has 1 aliphatic rings. The first kappa shape index (κ1) is 21.9. The van der Waals surface area contributed by atoms with Crippen LogP contribution in [0, 0.1) is 5.92 Å². The van der Waals surface area contributed by atoms with Crippen molar-refractivity contribution in [2.24, 2.45) is 5.92 Å². The summed E-state index contributed by atoms with van der Waals surface area (Å²) in [7, 11) is 0. The van der Waals surface area contributed by atoms with Crippen LogP contribution in [-0.4, -0.2) is 35.5 Å². The van der Waals surface area contributed by atoms with Crippen LogP contribution in [0.2, 0.25) is 5.15 Å². The molecule has 29 heavy (non-hydrogen) atoms. The van der Waals surface area contributed by atoms with Crippen molar-refractivity contribution in [2.75, 3.05) is 24.5 Å². The summed E-state index contributed by atoms with van der Waals surface area (Å²) in [6.07, 6.45) is 4.64. The van der Waals surface area contributed by atoms with Crippen molar-refractivity contribution in [3.63, 3.8) is 0 Å². The number of carbonyl (C=O) groups excluding carboxylic acids is 1. The van der Waals surface area contributed by atoms with Gasteiger partial charge >= 0.3 is 0 Å². The van der Waals surface area contributed by atoms with Crippen LogP contribution in [0.1, 0.15) is 55.5 Å². The van der Waals surface area contributed by atoms with E-state index in [1.807, 2.05) is 30.3 Å². The first-order valence-electron chi connectivity index (χ1n) is 10.3. The largest absolute Gasteiger partial charge is 0.356 e. The fourth-order valence-electron chi connectivity index (χ4n) is 3.26. The average molecular weight is 433 g/mol. The Bertz CT molecular complexity index is 824. The molecule has 7 heteroatoms. The lowest BCUT2D eigenvalue weighted by atomic mass is 10.1. The monoisotopic (exact) mass is 432 g/mol. The Morgan fingerprint density at radius 3 is 2.76 bits per heavy atom. The molecule has 2 aromatic rings. The van der Waals surface area contributed by atoms with Gasteiger partial charge in [0.15, 0.2) is 5.16 Å². The van der Waals surface area contributed by atoms with E-state index >= 15 is 0 Å². The third-order valence-electron chi connectivity index (χ3n) is 4.91. The summed E-state index contributed by atoms with van der Waals surface area (Å²) in [5.74, 6) is 2.15. The Morgan fingerprint density at radius 1 is 1.21 bits per heavy atom. The highest BCUT2D eigenvalue weighted by Crippen LogP contribution is 2.26. The van der Waals surface area contributed by atoms with E-state index in [0.29, 0.717) is 34.1 Å². The molecule has 1 aromatic heterocycles. The number of halogens is 1. The van der Waals surface area contributed by atoms with Gasteiger partial charge in [-0.25, -0.2) is 9.97 Å². The molecule has 0 aliphatic carbocycles. The Kier molecular flexibility index (Phi) is 8.19. The van der Waals surface area contributed by atoms with E-state index < -0.39 is 0 Å². The maximum absolute atomic E-state index is 12.4. The lowest BCUT2D eigenvalue weighted by Gasteiger charge is -2.27. The number of anilines is 1. The van der Waals surface area contributed by atoms with Crippen LogP contribution >= 0.6 is 23.4 Å². The van der Waals surface area contributed by atoms with E-state index in [9.17, 15) is 4.79 Å². The molecular weight excluding hydrogens is 404 g/mol. The molecule has 3 rings (SSSR count). The van der Waals surface area contributed by atoms with Crippen LogP contribution in [-0.2, 0) is 5.75 Å². The van der Waals surface area contributed by atoms with Crippen LogP contribution in [0.15, 0.2) is 35.5 Å². The number of nitrogens with one attached hydrogen (secondary N) is 1. The molecule has 0 atom stereocenters. The number of carbonyl (C=O) groups is 1. The van der Waals surface area contributed by atoms with Crippen molar-refractivity contribution >= 4 is 35.1 Å². The van der Waals surface area contributed by atoms with Crippen LogP contribution in [0.4, 0.5) is 5.82 Å². The van der Waals surface area contributed by atoms with Crippen molar-refractivity contribution < 1.29 is 4.79 Å². The van der Waals surface area contributed by atoms with Gasteiger partial charge in [-0.3, -0.25) is 4.79 Å². The van der Waals surface area contributed by atoms with Gasteiger partial charge in [0.1, 0.15) is 11.0 Å². The molecule has 2 heterocycles. The zero-order chi connectivity index (χ0) is 20.6. The maximum atomic E-state index is 12.4. The Morgan fingerprint density at radius 2 is 2.00 bits per heavy atom. The summed E-state index contributed by atoms with van der Waals surface area (Å²) in [6, 6.07) is 9.58. The average Bonchev–Trinajstić information content (AvgIpc) is 2.72. The molecule has 0 radical (unpaired) electrons. The summed E-state index contributed by atoms with van der Waals surface area (Å²) in [4.78, 5) is 23.7. The maximum Gasteiger partial charge on any atom is 0.251 e. The number of rotatable bonds is 8. The first-order chi connectivity index (χ1) is 14.0. The van der Waals surface area contributed by atoms with Crippen molar-refractivity contribution in [1.82, 2.24) is 15.3 Å². The summed E-state index contributed by atoms with van der Waals surface area (Å²) in [6.45, 7) is 7.04. The molecule has 0 saturated carbocycles. The molecule has 1 N–H and O–H groups in total. The zero-order valence-electron chi connectivity index (χ0n) is 17.2. The van der Waals surface area contributed by atoms with Crippen molar-refractivity contribution in [3.05, 3.63) is 46.6 Å². The lowest BCUT2D eigenvalue weighted by Crippen LogP contribution is -2.30. The van der Waals surface area contributed by atoms with Gasteiger partial charge in [-0.05, 0) is 49.3 Å². The second kappa shape index (κ2) is 10.8. The lowest BCUT2D eigenvalue weighted by molar-refractivity contribution is 0.0952. The molecule has 1 fully saturated rings. The number of nitrogens with zero attached hydrogens (tertiary/aromatic N) is 3. The molecule has 5 nitrogen and oxygen atoms in total. The van der Waals surface area contributed by atoms with E-state index in [-0.39, 0.29) is 5.91 Å². The van der Waals surface area contributed by atoms with Crippen molar-refractivity contribution in [3.8, 4) is 0 Å². The molecule has 1 saturated heterocycles. The number of hydrogen-bond acceptors (Lipinski definition) is 5. The topological polar surface area (TPSA) is 58.1 Å². The first-order valence-corrected chi connectivity index (χ1v) is 11.7. The van der Waals surface area contributed by atoms with Gasteiger partial charge in [0, 0.05) is 37.0 Å². The van der Waals surface area contributed by atoms with E-state index in [4.69, 9.17) is 16.6 Å². The predicted molar refractivity (Wildman–Crippen MR) is 121 cm³/mol. The number of piperidine rings is 1. The summed E-state index contributed by atoms with van der Waals surface area (Å²) < 4.78 is 0. The minimum Gasteiger partial charge on any atom is -0.356 e. The van der Waals surface area contributed by atoms with Gasteiger partial charge in [-0.2, -0.15) is 0 Å².